The lowest BCUT2D eigenvalue weighted by Crippen LogP contribution is -2.01. The summed E-state index contributed by atoms with van der Waals surface area (Å²) in [5.74, 6) is 1.23. The summed E-state index contributed by atoms with van der Waals surface area (Å²) in [7, 11) is 0. The number of aryl methyl sites for hydroxylation is 1. The fourth-order valence-corrected chi connectivity index (χ4v) is 2.37. The second-order valence-corrected chi connectivity index (χ2v) is 5.42. The maximum absolute atomic E-state index is 9.14. The Balaban J connectivity index is 1.62. The van der Waals surface area contributed by atoms with Gasteiger partial charge in [-0.25, -0.2) is 0 Å². The molecular formula is C18H19N3O2. The molecule has 118 valence electrons. The summed E-state index contributed by atoms with van der Waals surface area (Å²) in [4.78, 5) is 4.41. The Bertz CT molecular complexity index is 783. The lowest BCUT2D eigenvalue weighted by molar-refractivity contribution is 0.282. The van der Waals surface area contributed by atoms with Crippen LogP contribution < -0.4 is 5.32 Å². The topological polar surface area (TPSA) is 71.2 Å². The van der Waals surface area contributed by atoms with Crippen LogP contribution >= 0.6 is 0 Å². The normalized spacial score (nSPS) is 10.7. The Morgan fingerprint density at radius 1 is 1.13 bits per heavy atom. The highest BCUT2D eigenvalue weighted by Crippen LogP contribution is 2.14. The number of anilines is 1. The first-order valence-electron chi connectivity index (χ1n) is 7.54. The Hall–Kier alpha value is -2.66. The van der Waals surface area contributed by atoms with E-state index in [-0.39, 0.29) is 6.61 Å². The number of aromatic nitrogens is 2. The summed E-state index contributed by atoms with van der Waals surface area (Å²) in [6.45, 7) is 2.55. The number of aliphatic hydroxyl groups excluding tert-OH is 1. The number of hydrogen-bond acceptors (Lipinski definition) is 5. The number of rotatable bonds is 6. The molecule has 0 fully saturated rings. The smallest absolute Gasteiger partial charge is 0.245 e. The van der Waals surface area contributed by atoms with Crippen molar-refractivity contribution in [3.05, 3.63) is 76.9 Å². The van der Waals surface area contributed by atoms with Crippen LogP contribution in [0.1, 0.15) is 28.4 Å². The van der Waals surface area contributed by atoms with E-state index in [2.05, 4.69) is 34.5 Å². The Morgan fingerprint density at radius 3 is 2.83 bits per heavy atom. The largest absolute Gasteiger partial charge is 0.392 e. The Morgan fingerprint density at radius 2 is 2.00 bits per heavy atom. The highest BCUT2D eigenvalue weighted by molar-refractivity contribution is 5.45. The van der Waals surface area contributed by atoms with E-state index in [0.29, 0.717) is 24.7 Å². The van der Waals surface area contributed by atoms with Crippen LogP contribution in [0.5, 0.6) is 0 Å². The molecule has 23 heavy (non-hydrogen) atoms. The summed E-state index contributed by atoms with van der Waals surface area (Å²) in [5.41, 5.74) is 4.19. The summed E-state index contributed by atoms with van der Waals surface area (Å²) < 4.78 is 5.28. The predicted octanol–water partition coefficient (Wildman–Crippen LogP) is 3.07. The first-order valence-corrected chi connectivity index (χ1v) is 7.54. The van der Waals surface area contributed by atoms with Gasteiger partial charge in [-0.3, -0.25) is 0 Å². The van der Waals surface area contributed by atoms with Crippen molar-refractivity contribution in [2.75, 3.05) is 5.32 Å². The van der Waals surface area contributed by atoms with Crippen molar-refractivity contribution < 1.29 is 9.63 Å². The van der Waals surface area contributed by atoms with Gasteiger partial charge < -0.3 is 14.9 Å². The summed E-state index contributed by atoms with van der Waals surface area (Å²) in [6.07, 6.45) is 0.663. The van der Waals surface area contributed by atoms with E-state index in [0.717, 1.165) is 11.3 Å². The van der Waals surface area contributed by atoms with Crippen molar-refractivity contribution in [3.8, 4) is 0 Å². The molecule has 1 heterocycles. The minimum absolute atomic E-state index is 0.0245. The van der Waals surface area contributed by atoms with Gasteiger partial charge in [0.15, 0.2) is 5.82 Å². The summed E-state index contributed by atoms with van der Waals surface area (Å²) in [6, 6.07) is 15.8. The average molecular weight is 309 g/mol. The Kier molecular flexibility index (Phi) is 4.68. The molecule has 0 unspecified atom stereocenters. The van der Waals surface area contributed by atoms with Crippen LogP contribution in [-0.2, 0) is 19.6 Å². The van der Waals surface area contributed by atoms with Gasteiger partial charge in [-0.1, -0.05) is 41.6 Å². The Labute approximate surface area is 135 Å². The molecule has 0 amide bonds. The molecule has 0 aliphatic rings. The van der Waals surface area contributed by atoms with Gasteiger partial charge in [-0.15, -0.1) is 0 Å². The molecule has 0 spiro atoms. The van der Waals surface area contributed by atoms with Gasteiger partial charge in [-0.2, -0.15) is 4.98 Å². The molecule has 0 aliphatic heterocycles. The van der Waals surface area contributed by atoms with Crippen LogP contribution in [0.25, 0.3) is 0 Å². The van der Waals surface area contributed by atoms with Crippen LogP contribution in [0.4, 0.5) is 5.69 Å². The predicted molar refractivity (Wildman–Crippen MR) is 88.0 cm³/mol. The second-order valence-electron chi connectivity index (χ2n) is 5.42. The summed E-state index contributed by atoms with van der Waals surface area (Å²) in [5, 5.41) is 16.4. The standard InChI is InChI=1S/C18H19N3O2/c1-13-5-2-3-7-15(13)10-17-20-18(23-21-17)11-19-16-8-4-6-14(9-16)12-22/h2-9,19,22H,10-12H2,1H3. The molecule has 2 N–H and O–H groups in total. The molecule has 5 heteroatoms. The zero-order valence-corrected chi connectivity index (χ0v) is 13.0. The third kappa shape index (κ3) is 3.96. The summed E-state index contributed by atoms with van der Waals surface area (Å²) >= 11 is 0. The van der Waals surface area contributed by atoms with Crippen LogP contribution in [0.3, 0.4) is 0 Å². The molecule has 3 rings (SSSR count). The number of nitrogens with zero attached hydrogens (tertiary/aromatic N) is 2. The lowest BCUT2D eigenvalue weighted by Gasteiger charge is -2.04. The molecule has 5 nitrogen and oxygen atoms in total. The fraction of sp³-hybridized carbons (Fsp3) is 0.222. The van der Waals surface area contributed by atoms with E-state index >= 15 is 0 Å². The molecule has 0 bridgehead atoms. The van der Waals surface area contributed by atoms with Crippen LogP contribution in [0, 0.1) is 6.92 Å². The molecule has 0 saturated heterocycles. The number of aliphatic hydroxyl groups is 1. The van der Waals surface area contributed by atoms with E-state index < -0.39 is 0 Å². The monoisotopic (exact) mass is 309 g/mol. The first-order chi connectivity index (χ1) is 11.2. The van der Waals surface area contributed by atoms with E-state index in [1.165, 1.54) is 11.1 Å². The van der Waals surface area contributed by atoms with Crippen LogP contribution in [-0.4, -0.2) is 15.2 Å². The third-order valence-corrected chi connectivity index (χ3v) is 3.67. The van der Waals surface area contributed by atoms with Gasteiger partial charge in [0.1, 0.15) is 0 Å². The van der Waals surface area contributed by atoms with Gasteiger partial charge >= 0.3 is 0 Å². The van der Waals surface area contributed by atoms with E-state index in [9.17, 15) is 0 Å². The van der Waals surface area contributed by atoms with Crippen LogP contribution in [0.2, 0.25) is 0 Å². The zero-order chi connectivity index (χ0) is 16.1. The minimum Gasteiger partial charge on any atom is -0.392 e. The molecule has 2 aromatic carbocycles. The molecule has 3 aromatic rings. The van der Waals surface area contributed by atoms with Crippen molar-refractivity contribution in [2.24, 2.45) is 0 Å². The minimum atomic E-state index is 0.0245. The van der Waals surface area contributed by atoms with Crippen molar-refractivity contribution in [1.29, 1.82) is 0 Å². The van der Waals surface area contributed by atoms with Crippen molar-refractivity contribution >= 4 is 5.69 Å². The molecule has 0 atom stereocenters. The number of hydrogen-bond donors (Lipinski definition) is 2. The molecule has 0 radical (unpaired) electrons. The van der Waals surface area contributed by atoms with Gasteiger partial charge in [-0.05, 0) is 35.7 Å². The van der Waals surface area contributed by atoms with E-state index in [1.807, 2.05) is 36.4 Å². The highest BCUT2D eigenvalue weighted by atomic mass is 16.5. The van der Waals surface area contributed by atoms with Crippen molar-refractivity contribution in [1.82, 2.24) is 10.1 Å². The van der Waals surface area contributed by atoms with Gasteiger partial charge in [0.25, 0.3) is 0 Å². The first kappa shape index (κ1) is 15.2. The quantitative estimate of drug-likeness (QED) is 0.732. The SMILES string of the molecule is Cc1ccccc1Cc1noc(CNc2cccc(CO)c2)n1. The van der Waals surface area contributed by atoms with E-state index in [1.54, 1.807) is 0 Å². The fourth-order valence-electron chi connectivity index (χ4n) is 2.37. The zero-order valence-electron chi connectivity index (χ0n) is 13.0. The van der Waals surface area contributed by atoms with Crippen LogP contribution in [0.15, 0.2) is 53.1 Å². The average Bonchev–Trinajstić information content (AvgIpc) is 3.03. The van der Waals surface area contributed by atoms with Gasteiger partial charge in [0.2, 0.25) is 5.89 Å². The highest BCUT2D eigenvalue weighted by Gasteiger charge is 2.08. The van der Waals surface area contributed by atoms with Crippen molar-refractivity contribution in [2.45, 2.75) is 26.5 Å². The van der Waals surface area contributed by atoms with Gasteiger partial charge in [0, 0.05) is 12.1 Å². The van der Waals surface area contributed by atoms with Crippen molar-refractivity contribution in [3.63, 3.8) is 0 Å². The molecular weight excluding hydrogens is 290 g/mol. The van der Waals surface area contributed by atoms with Gasteiger partial charge in [0.05, 0.1) is 13.2 Å². The second kappa shape index (κ2) is 7.07. The molecule has 0 saturated carbocycles. The number of nitrogens with one attached hydrogen (secondary N) is 1. The number of benzene rings is 2. The molecule has 0 aliphatic carbocycles. The van der Waals surface area contributed by atoms with E-state index in [4.69, 9.17) is 9.63 Å². The maximum atomic E-state index is 9.14. The maximum Gasteiger partial charge on any atom is 0.245 e. The molecule has 1 aromatic heterocycles. The lowest BCUT2D eigenvalue weighted by atomic mass is 10.1. The third-order valence-electron chi connectivity index (χ3n) is 3.67.